The fourth-order valence-electron chi connectivity index (χ4n) is 1.79. The molecule has 84 valence electrons. The molecule has 16 heavy (non-hydrogen) atoms. The number of rotatable bonds is 3. The zero-order valence-electron chi connectivity index (χ0n) is 9.06. The SMILES string of the molecule is Cc1ccoc1-c1noc(C2(CN)CC2)n1. The van der Waals surface area contributed by atoms with Gasteiger partial charge in [0, 0.05) is 6.54 Å². The van der Waals surface area contributed by atoms with E-state index in [0.717, 1.165) is 18.4 Å². The maximum Gasteiger partial charge on any atom is 0.238 e. The van der Waals surface area contributed by atoms with Crippen LogP contribution in [0.3, 0.4) is 0 Å². The van der Waals surface area contributed by atoms with Crippen LogP contribution >= 0.6 is 0 Å². The van der Waals surface area contributed by atoms with Crippen molar-refractivity contribution < 1.29 is 8.94 Å². The second kappa shape index (κ2) is 3.18. The molecular weight excluding hydrogens is 206 g/mol. The Morgan fingerprint density at radius 3 is 2.88 bits per heavy atom. The Balaban J connectivity index is 1.97. The van der Waals surface area contributed by atoms with Crippen LogP contribution in [0, 0.1) is 6.92 Å². The number of hydrogen-bond donors (Lipinski definition) is 1. The topological polar surface area (TPSA) is 78.1 Å². The van der Waals surface area contributed by atoms with Crippen LogP contribution in [0.15, 0.2) is 21.3 Å². The maximum absolute atomic E-state index is 5.71. The van der Waals surface area contributed by atoms with E-state index in [9.17, 15) is 0 Å². The van der Waals surface area contributed by atoms with Crippen LogP contribution in [-0.2, 0) is 5.41 Å². The van der Waals surface area contributed by atoms with Crippen molar-refractivity contribution in [3.05, 3.63) is 23.8 Å². The summed E-state index contributed by atoms with van der Waals surface area (Å²) in [4.78, 5) is 4.37. The highest BCUT2D eigenvalue weighted by molar-refractivity contribution is 5.51. The Morgan fingerprint density at radius 2 is 2.31 bits per heavy atom. The van der Waals surface area contributed by atoms with Gasteiger partial charge in [0.25, 0.3) is 0 Å². The summed E-state index contributed by atoms with van der Waals surface area (Å²) in [5, 5.41) is 3.94. The number of nitrogens with zero attached hydrogens (tertiary/aromatic N) is 2. The molecule has 2 N–H and O–H groups in total. The molecule has 5 heteroatoms. The smallest absolute Gasteiger partial charge is 0.238 e. The molecule has 0 radical (unpaired) electrons. The second-order valence-electron chi connectivity index (χ2n) is 4.34. The van der Waals surface area contributed by atoms with Gasteiger partial charge in [-0.1, -0.05) is 5.16 Å². The Hall–Kier alpha value is -1.62. The summed E-state index contributed by atoms with van der Waals surface area (Å²) < 4.78 is 10.6. The van der Waals surface area contributed by atoms with Crippen LogP contribution in [0.1, 0.15) is 24.3 Å². The molecule has 0 aromatic carbocycles. The Kier molecular flexibility index (Phi) is 1.91. The lowest BCUT2D eigenvalue weighted by molar-refractivity contribution is 0.346. The normalized spacial score (nSPS) is 17.6. The van der Waals surface area contributed by atoms with Gasteiger partial charge in [-0.15, -0.1) is 0 Å². The molecule has 2 aromatic heterocycles. The molecule has 0 spiro atoms. The second-order valence-corrected chi connectivity index (χ2v) is 4.34. The molecule has 1 saturated carbocycles. The molecule has 1 fully saturated rings. The monoisotopic (exact) mass is 219 g/mol. The van der Waals surface area contributed by atoms with Crippen molar-refractivity contribution in [1.82, 2.24) is 10.1 Å². The van der Waals surface area contributed by atoms with Gasteiger partial charge in [0.05, 0.1) is 11.7 Å². The summed E-state index contributed by atoms with van der Waals surface area (Å²) >= 11 is 0. The molecule has 1 aliphatic rings. The van der Waals surface area contributed by atoms with Crippen molar-refractivity contribution in [2.45, 2.75) is 25.2 Å². The van der Waals surface area contributed by atoms with Gasteiger partial charge < -0.3 is 14.7 Å². The zero-order chi connectivity index (χ0) is 11.2. The average Bonchev–Trinajstić information content (AvgIpc) is 2.72. The summed E-state index contributed by atoms with van der Waals surface area (Å²) in [5.41, 5.74) is 6.65. The lowest BCUT2D eigenvalue weighted by Gasteiger charge is -2.03. The molecular formula is C11H13N3O2. The first-order valence-electron chi connectivity index (χ1n) is 5.34. The van der Waals surface area contributed by atoms with E-state index in [1.54, 1.807) is 6.26 Å². The maximum atomic E-state index is 5.71. The van der Waals surface area contributed by atoms with Gasteiger partial charge in [-0.2, -0.15) is 4.98 Å². The number of aryl methyl sites for hydroxylation is 1. The molecule has 0 amide bonds. The van der Waals surface area contributed by atoms with Crippen LogP contribution in [0.4, 0.5) is 0 Å². The Labute approximate surface area is 92.6 Å². The Morgan fingerprint density at radius 1 is 1.50 bits per heavy atom. The number of aromatic nitrogens is 2. The van der Waals surface area contributed by atoms with E-state index >= 15 is 0 Å². The van der Waals surface area contributed by atoms with Gasteiger partial charge in [-0.05, 0) is 31.4 Å². The van der Waals surface area contributed by atoms with Crippen LogP contribution in [0.5, 0.6) is 0 Å². The molecule has 3 rings (SSSR count). The minimum atomic E-state index is -0.0637. The third-order valence-corrected chi connectivity index (χ3v) is 3.19. The van der Waals surface area contributed by atoms with Crippen molar-refractivity contribution >= 4 is 0 Å². The zero-order valence-corrected chi connectivity index (χ0v) is 9.06. The molecule has 0 unspecified atom stereocenters. The van der Waals surface area contributed by atoms with E-state index in [1.165, 1.54) is 0 Å². The van der Waals surface area contributed by atoms with Crippen LogP contribution in [-0.4, -0.2) is 16.7 Å². The minimum Gasteiger partial charge on any atom is -0.461 e. The highest BCUT2D eigenvalue weighted by Crippen LogP contribution is 2.46. The molecule has 5 nitrogen and oxygen atoms in total. The van der Waals surface area contributed by atoms with Gasteiger partial charge in [0.2, 0.25) is 11.7 Å². The quantitative estimate of drug-likeness (QED) is 0.848. The van der Waals surface area contributed by atoms with Gasteiger partial charge in [-0.3, -0.25) is 0 Å². The summed E-state index contributed by atoms with van der Waals surface area (Å²) in [6.45, 7) is 2.51. The Bertz CT molecular complexity index is 511. The van der Waals surface area contributed by atoms with Crippen molar-refractivity contribution in [3.63, 3.8) is 0 Å². The summed E-state index contributed by atoms with van der Waals surface area (Å²) in [7, 11) is 0. The average molecular weight is 219 g/mol. The first kappa shape index (κ1) is 9.59. The molecule has 2 aromatic rings. The van der Waals surface area contributed by atoms with E-state index < -0.39 is 0 Å². The molecule has 0 aliphatic heterocycles. The highest BCUT2D eigenvalue weighted by atomic mass is 16.5. The van der Waals surface area contributed by atoms with Gasteiger partial charge in [-0.25, -0.2) is 0 Å². The summed E-state index contributed by atoms with van der Waals surface area (Å²) in [6, 6.07) is 1.88. The van der Waals surface area contributed by atoms with Crippen LogP contribution < -0.4 is 5.73 Å². The van der Waals surface area contributed by atoms with Crippen LogP contribution in [0.25, 0.3) is 11.6 Å². The fourth-order valence-corrected chi connectivity index (χ4v) is 1.79. The fraction of sp³-hybridized carbons (Fsp3) is 0.455. The van der Waals surface area contributed by atoms with Gasteiger partial charge >= 0.3 is 0 Å². The minimum absolute atomic E-state index is 0.0637. The van der Waals surface area contributed by atoms with E-state index in [4.69, 9.17) is 14.7 Å². The van der Waals surface area contributed by atoms with Crippen molar-refractivity contribution in [1.29, 1.82) is 0 Å². The number of nitrogens with two attached hydrogens (primary N) is 1. The molecule has 0 saturated heterocycles. The summed E-state index contributed by atoms with van der Waals surface area (Å²) in [5.74, 6) is 1.82. The van der Waals surface area contributed by atoms with Gasteiger partial charge in [0.1, 0.15) is 0 Å². The predicted molar refractivity (Wildman–Crippen MR) is 56.7 cm³/mol. The first-order valence-corrected chi connectivity index (χ1v) is 5.34. The van der Waals surface area contributed by atoms with Gasteiger partial charge in [0.15, 0.2) is 5.76 Å². The van der Waals surface area contributed by atoms with Crippen molar-refractivity contribution in [2.75, 3.05) is 6.54 Å². The molecule has 1 aliphatic carbocycles. The molecule has 0 bridgehead atoms. The predicted octanol–water partition coefficient (Wildman–Crippen LogP) is 1.63. The van der Waals surface area contributed by atoms with E-state index in [1.807, 2.05) is 13.0 Å². The number of furan rings is 1. The largest absolute Gasteiger partial charge is 0.461 e. The third kappa shape index (κ3) is 1.28. The lowest BCUT2D eigenvalue weighted by Crippen LogP contribution is -2.19. The molecule has 2 heterocycles. The van der Waals surface area contributed by atoms with Crippen LogP contribution in [0.2, 0.25) is 0 Å². The van der Waals surface area contributed by atoms with E-state index in [2.05, 4.69) is 10.1 Å². The molecule has 0 atom stereocenters. The summed E-state index contributed by atoms with van der Waals surface area (Å²) in [6.07, 6.45) is 3.68. The van der Waals surface area contributed by atoms with E-state index in [0.29, 0.717) is 24.0 Å². The lowest BCUT2D eigenvalue weighted by atomic mass is 10.1. The standard InChI is InChI=1S/C11H13N3O2/c1-7-2-5-15-8(7)9-13-10(16-14-9)11(6-12)3-4-11/h2,5H,3-4,6,12H2,1H3. The number of hydrogen-bond acceptors (Lipinski definition) is 5. The first-order chi connectivity index (χ1) is 7.75. The highest BCUT2D eigenvalue weighted by Gasteiger charge is 2.48. The third-order valence-electron chi connectivity index (χ3n) is 3.19. The van der Waals surface area contributed by atoms with Crippen molar-refractivity contribution in [2.24, 2.45) is 5.73 Å². The van der Waals surface area contributed by atoms with Crippen molar-refractivity contribution in [3.8, 4) is 11.6 Å². The van der Waals surface area contributed by atoms with E-state index in [-0.39, 0.29) is 5.41 Å².